The number of likely N-dealkylation sites (tertiary alicyclic amines) is 1. The van der Waals surface area contributed by atoms with Crippen molar-refractivity contribution < 1.29 is 28.3 Å². The van der Waals surface area contributed by atoms with Gasteiger partial charge in [-0.2, -0.15) is 0 Å². The average Bonchev–Trinajstić information content (AvgIpc) is 2.88. The number of amides is 4. The van der Waals surface area contributed by atoms with Crippen LogP contribution in [0.1, 0.15) is 46.1 Å². The molecule has 10 heteroatoms. The van der Waals surface area contributed by atoms with Crippen LogP contribution in [0.3, 0.4) is 0 Å². The van der Waals surface area contributed by atoms with E-state index in [1.54, 1.807) is 32.6 Å². The number of halogens is 1. The highest BCUT2D eigenvalue weighted by Gasteiger charge is 2.33. The molecule has 39 heavy (non-hydrogen) atoms. The van der Waals surface area contributed by atoms with E-state index >= 15 is 0 Å². The van der Waals surface area contributed by atoms with Gasteiger partial charge < -0.3 is 25.6 Å². The molecular formula is C29H37FN4O5. The van der Waals surface area contributed by atoms with Crippen LogP contribution in [0.5, 0.6) is 0 Å². The van der Waals surface area contributed by atoms with Crippen LogP contribution in [0, 0.1) is 11.7 Å². The van der Waals surface area contributed by atoms with E-state index in [1.807, 2.05) is 30.3 Å². The fraction of sp³-hybridized carbons (Fsp3) is 0.448. The SMILES string of the molecule is C[C@H](NC(=O)C1CCN(C(=O)[C@H](Cc2ccccc2)NC(=O)OC(C)(C)C)CC1)C(=O)Nc1ccc(F)cc1. The quantitative estimate of drug-likeness (QED) is 0.473. The normalized spacial score (nSPS) is 15.6. The Labute approximate surface area is 228 Å². The Balaban J connectivity index is 1.54. The lowest BCUT2D eigenvalue weighted by Gasteiger charge is -2.34. The second kappa shape index (κ2) is 13.2. The van der Waals surface area contributed by atoms with E-state index in [0.717, 1.165) is 5.56 Å². The molecule has 0 saturated carbocycles. The molecule has 4 amide bonds. The number of carbonyl (C=O) groups is 4. The zero-order chi connectivity index (χ0) is 28.6. The van der Waals surface area contributed by atoms with Gasteiger partial charge in [0.15, 0.2) is 0 Å². The lowest BCUT2D eigenvalue weighted by molar-refractivity contribution is -0.137. The van der Waals surface area contributed by atoms with Gasteiger partial charge in [-0.25, -0.2) is 9.18 Å². The summed E-state index contributed by atoms with van der Waals surface area (Å²) in [6.45, 7) is 7.52. The van der Waals surface area contributed by atoms with Crippen molar-refractivity contribution in [3.05, 3.63) is 66.0 Å². The molecule has 0 spiro atoms. The van der Waals surface area contributed by atoms with Crippen LogP contribution in [0.2, 0.25) is 0 Å². The third kappa shape index (κ3) is 9.38. The zero-order valence-electron chi connectivity index (χ0n) is 22.8. The Morgan fingerprint density at radius 3 is 2.18 bits per heavy atom. The van der Waals surface area contributed by atoms with Gasteiger partial charge in [0.05, 0.1) is 0 Å². The standard InChI is InChI=1S/C29H37FN4O5/c1-19(25(35)32-23-12-10-22(30)11-13-23)31-26(36)21-14-16-34(17-15-21)27(37)24(18-20-8-6-5-7-9-20)33-28(38)39-29(2,3)4/h5-13,19,21,24H,14-18H2,1-4H3,(H,31,36)(H,32,35)(H,33,38)/t19-,24-/m0/s1. The fourth-order valence-corrected chi connectivity index (χ4v) is 4.26. The van der Waals surface area contributed by atoms with Crippen LogP contribution < -0.4 is 16.0 Å². The minimum Gasteiger partial charge on any atom is -0.444 e. The summed E-state index contributed by atoms with van der Waals surface area (Å²) in [7, 11) is 0. The van der Waals surface area contributed by atoms with E-state index in [9.17, 15) is 23.6 Å². The second-order valence-corrected chi connectivity index (χ2v) is 10.7. The smallest absolute Gasteiger partial charge is 0.408 e. The van der Waals surface area contributed by atoms with Crippen molar-refractivity contribution in [2.24, 2.45) is 5.92 Å². The number of alkyl carbamates (subject to hydrolysis) is 1. The van der Waals surface area contributed by atoms with Crippen LogP contribution in [-0.4, -0.2) is 59.5 Å². The Kier molecular flexibility index (Phi) is 10.0. The van der Waals surface area contributed by atoms with Gasteiger partial charge in [0.25, 0.3) is 0 Å². The highest BCUT2D eigenvalue weighted by molar-refractivity contribution is 5.97. The van der Waals surface area contributed by atoms with Gasteiger partial charge in [0, 0.05) is 31.1 Å². The molecule has 2 atom stereocenters. The van der Waals surface area contributed by atoms with E-state index in [-0.39, 0.29) is 17.7 Å². The Hall–Kier alpha value is -3.95. The summed E-state index contributed by atoms with van der Waals surface area (Å²) in [6, 6.07) is 13.1. The van der Waals surface area contributed by atoms with Crippen molar-refractivity contribution in [2.45, 2.75) is 64.6 Å². The molecule has 2 aromatic carbocycles. The Morgan fingerprint density at radius 2 is 1.59 bits per heavy atom. The molecule has 0 radical (unpaired) electrons. The first-order chi connectivity index (χ1) is 18.4. The predicted molar refractivity (Wildman–Crippen MR) is 145 cm³/mol. The van der Waals surface area contributed by atoms with E-state index in [1.165, 1.54) is 24.3 Å². The minimum atomic E-state index is -0.817. The molecule has 0 aliphatic carbocycles. The molecule has 1 saturated heterocycles. The molecule has 2 aromatic rings. The minimum absolute atomic E-state index is 0.240. The monoisotopic (exact) mass is 540 g/mol. The maximum absolute atomic E-state index is 13.4. The van der Waals surface area contributed by atoms with Gasteiger partial charge in [-0.1, -0.05) is 30.3 Å². The highest BCUT2D eigenvalue weighted by atomic mass is 19.1. The number of nitrogens with one attached hydrogen (secondary N) is 3. The van der Waals surface area contributed by atoms with E-state index in [2.05, 4.69) is 16.0 Å². The second-order valence-electron chi connectivity index (χ2n) is 10.7. The lowest BCUT2D eigenvalue weighted by Crippen LogP contribution is -2.53. The molecule has 3 N–H and O–H groups in total. The Bertz CT molecular complexity index is 1140. The van der Waals surface area contributed by atoms with Crippen molar-refractivity contribution >= 4 is 29.5 Å². The number of benzene rings is 2. The number of carbonyl (C=O) groups excluding carboxylic acids is 4. The predicted octanol–water partition coefficient (Wildman–Crippen LogP) is 3.64. The van der Waals surface area contributed by atoms with Crippen molar-refractivity contribution in [3.63, 3.8) is 0 Å². The summed E-state index contributed by atoms with van der Waals surface area (Å²) >= 11 is 0. The molecule has 3 rings (SSSR count). The first-order valence-corrected chi connectivity index (χ1v) is 13.1. The molecule has 1 aliphatic heterocycles. The maximum atomic E-state index is 13.4. The van der Waals surface area contributed by atoms with Crippen molar-refractivity contribution in [1.29, 1.82) is 0 Å². The van der Waals surface area contributed by atoms with Crippen LogP contribution in [-0.2, 0) is 25.5 Å². The maximum Gasteiger partial charge on any atom is 0.408 e. The summed E-state index contributed by atoms with van der Waals surface area (Å²) in [5.41, 5.74) is 0.622. The van der Waals surface area contributed by atoms with Crippen LogP contribution in [0.4, 0.5) is 14.9 Å². The summed E-state index contributed by atoms with van der Waals surface area (Å²) in [5.74, 6) is -1.69. The number of hydrogen-bond donors (Lipinski definition) is 3. The summed E-state index contributed by atoms with van der Waals surface area (Å²) in [4.78, 5) is 52.8. The lowest BCUT2D eigenvalue weighted by atomic mass is 9.94. The summed E-state index contributed by atoms with van der Waals surface area (Å²) < 4.78 is 18.4. The topological polar surface area (TPSA) is 117 Å². The summed E-state index contributed by atoms with van der Waals surface area (Å²) in [6.07, 6.45) is 0.488. The summed E-state index contributed by atoms with van der Waals surface area (Å²) in [5, 5.41) is 8.09. The molecule has 0 unspecified atom stereocenters. The molecule has 9 nitrogen and oxygen atoms in total. The molecule has 0 bridgehead atoms. The highest BCUT2D eigenvalue weighted by Crippen LogP contribution is 2.20. The van der Waals surface area contributed by atoms with E-state index in [4.69, 9.17) is 4.74 Å². The molecule has 210 valence electrons. The number of hydrogen-bond acceptors (Lipinski definition) is 5. The third-order valence-corrected chi connectivity index (χ3v) is 6.31. The van der Waals surface area contributed by atoms with Crippen LogP contribution >= 0.6 is 0 Å². The van der Waals surface area contributed by atoms with E-state index < -0.39 is 35.5 Å². The van der Waals surface area contributed by atoms with Gasteiger partial charge in [-0.3, -0.25) is 14.4 Å². The molecule has 1 fully saturated rings. The fourth-order valence-electron chi connectivity index (χ4n) is 4.26. The van der Waals surface area contributed by atoms with Gasteiger partial charge in [0.2, 0.25) is 17.7 Å². The Morgan fingerprint density at radius 1 is 0.974 bits per heavy atom. The number of piperidine rings is 1. The number of nitrogens with zero attached hydrogens (tertiary/aromatic N) is 1. The van der Waals surface area contributed by atoms with Crippen molar-refractivity contribution in [3.8, 4) is 0 Å². The molecular weight excluding hydrogens is 503 g/mol. The first kappa shape index (κ1) is 29.6. The van der Waals surface area contributed by atoms with Gasteiger partial charge in [-0.05, 0) is 70.4 Å². The number of rotatable bonds is 8. The average molecular weight is 541 g/mol. The first-order valence-electron chi connectivity index (χ1n) is 13.1. The van der Waals surface area contributed by atoms with Crippen molar-refractivity contribution in [1.82, 2.24) is 15.5 Å². The van der Waals surface area contributed by atoms with Gasteiger partial charge >= 0.3 is 6.09 Å². The van der Waals surface area contributed by atoms with Crippen LogP contribution in [0.25, 0.3) is 0 Å². The zero-order valence-corrected chi connectivity index (χ0v) is 22.8. The van der Waals surface area contributed by atoms with Crippen molar-refractivity contribution in [2.75, 3.05) is 18.4 Å². The van der Waals surface area contributed by atoms with Gasteiger partial charge in [0.1, 0.15) is 23.5 Å². The van der Waals surface area contributed by atoms with E-state index in [0.29, 0.717) is 38.0 Å². The van der Waals surface area contributed by atoms with Gasteiger partial charge in [-0.15, -0.1) is 0 Å². The third-order valence-electron chi connectivity index (χ3n) is 6.31. The molecule has 1 aliphatic rings. The van der Waals surface area contributed by atoms with Crippen LogP contribution in [0.15, 0.2) is 54.6 Å². The number of anilines is 1. The molecule has 0 aromatic heterocycles. The molecule has 1 heterocycles. The number of ether oxygens (including phenoxy) is 1. The largest absolute Gasteiger partial charge is 0.444 e.